The molecule has 2 aromatic rings. The van der Waals surface area contributed by atoms with Crippen molar-refractivity contribution in [2.75, 3.05) is 11.1 Å². The van der Waals surface area contributed by atoms with E-state index in [2.05, 4.69) is 15.5 Å². The average molecular weight is 297 g/mol. The van der Waals surface area contributed by atoms with E-state index in [1.165, 1.54) is 18.2 Å². The number of amides is 1. The molecular formula is C13H14ClFN4O. The molecule has 0 spiro atoms. The molecule has 0 saturated heterocycles. The summed E-state index contributed by atoms with van der Waals surface area (Å²) in [5.74, 6) is -1.02. The molecule has 7 heteroatoms. The van der Waals surface area contributed by atoms with E-state index in [0.29, 0.717) is 17.8 Å². The number of benzene rings is 1. The number of hydrogen-bond acceptors (Lipinski definition) is 3. The van der Waals surface area contributed by atoms with Gasteiger partial charge in [-0.15, -0.1) is 0 Å². The molecule has 0 atom stereocenters. The molecule has 1 aromatic carbocycles. The van der Waals surface area contributed by atoms with Crippen LogP contribution in [0, 0.1) is 5.82 Å². The van der Waals surface area contributed by atoms with Gasteiger partial charge in [0, 0.05) is 5.69 Å². The second-order valence-corrected chi connectivity index (χ2v) is 4.70. The molecule has 1 heterocycles. The van der Waals surface area contributed by atoms with Crippen molar-refractivity contribution in [1.29, 1.82) is 0 Å². The number of nitrogens with zero attached hydrogens (tertiary/aromatic N) is 1. The van der Waals surface area contributed by atoms with Gasteiger partial charge in [-0.05, 0) is 24.6 Å². The number of halogens is 2. The lowest BCUT2D eigenvalue weighted by Gasteiger charge is -2.05. The van der Waals surface area contributed by atoms with Gasteiger partial charge in [0.15, 0.2) is 5.69 Å². The number of rotatable bonds is 4. The molecule has 0 aliphatic heterocycles. The van der Waals surface area contributed by atoms with Crippen LogP contribution in [-0.2, 0) is 6.42 Å². The summed E-state index contributed by atoms with van der Waals surface area (Å²) in [7, 11) is 0. The molecule has 0 unspecified atom stereocenters. The average Bonchev–Trinajstić information content (AvgIpc) is 2.76. The quantitative estimate of drug-likeness (QED) is 0.811. The Morgan fingerprint density at radius 2 is 2.30 bits per heavy atom. The van der Waals surface area contributed by atoms with Crippen LogP contribution in [0.15, 0.2) is 18.2 Å². The van der Waals surface area contributed by atoms with Crippen LogP contribution in [0.5, 0.6) is 0 Å². The zero-order valence-electron chi connectivity index (χ0n) is 10.8. The highest BCUT2D eigenvalue weighted by molar-refractivity contribution is 6.31. The second-order valence-electron chi connectivity index (χ2n) is 4.30. The maximum absolute atomic E-state index is 13.0. The molecule has 5 nitrogen and oxygen atoms in total. The number of carbonyl (C=O) groups is 1. The lowest BCUT2D eigenvalue weighted by atomic mass is 10.2. The minimum atomic E-state index is -0.547. The van der Waals surface area contributed by atoms with E-state index in [0.717, 1.165) is 12.1 Å². The van der Waals surface area contributed by atoms with Gasteiger partial charge in [0.2, 0.25) is 0 Å². The molecule has 0 aliphatic rings. The summed E-state index contributed by atoms with van der Waals surface area (Å²) in [5, 5.41) is 9.15. The van der Waals surface area contributed by atoms with Gasteiger partial charge < -0.3 is 11.1 Å². The molecule has 106 valence electrons. The molecular weight excluding hydrogens is 283 g/mol. The highest BCUT2D eigenvalue weighted by atomic mass is 35.5. The van der Waals surface area contributed by atoms with E-state index in [-0.39, 0.29) is 10.7 Å². The fourth-order valence-electron chi connectivity index (χ4n) is 1.76. The molecule has 4 N–H and O–H groups in total. The van der Waals surface area contributed by atoms with Crippen molar-refractivity contribution in [2.24, 2.45) is 0 Å². The van der Waals surface area contributed by atoms with Gasteiger partial charge in [0.05, 0.1) is 16.4 Å². The van der Waals surface area contributed by atoms with E-state index in [9.17, 15) is 9.18 Å². The highest BCUT2D eigenvalue weighted by Crippen LogP contribution is 2.21. The minimum Gasteiger partial charge on any atom is -0.395 e. The Labute approximate surface area is 120 Å². The Morgan fingerprint density at radius 1 is 1.55 bits per heavy atom. The monoisotopic (exact) mass is 296 g/mol. The Kier molecular flexibility index (Phi) is 4.24. The standard InChI is InChI=1S/C13H14ClFN4O/c1-2-3-10-11(16)12(19-18-10)13(20)17-7-4-5-9(15)8(14)6-7/h4-6H,2-3,16H2,1H3,(H,17,20)(H,18,19). The summed E-state index contributed by atoms with van der Waals surface area (Å²) in [4.78, 5) is 12.0. The Balaban J connectivity index is 2.17. The van der Waals surface area contributed by atoms with Crippen LogP contribution in [0.3, 0.4) is 0 Å². The molecule has 1 amide bonds. The fraction of sp³-hybridized carbons (Fsp3) is 0.231. The lowest BCUT2D eigenvalue weighted by Crippen LogP contribution is -2.14. The van der Waals surface area contributed by atoms with Crippen LogP contribution in [0.2, 0.25) is 5.02 Å². The normalized spacial score (nSPS) is 10.6. The number of nitrogens with two attached hydrogens (primary N) is 1. The number of aromatic nitrogens is 2. The topological polar surface area (TPSA) is 83.8 Å². The minimum absolute atomic E-state index is 0.0653. The van der Waals surface area contributed by atoms with Gasteiger partial charge in [-0.25, -0.2) is 4.39 Å². The van der Waals surface area contributed by atoms with Gasteiger partial charge >= 0.3 is 0 Å². The summed E-state index contributed by atoms with van der Waals surface area (Å²) in [6.07, 6.45) is 1.61. The first-order valence-corrected chi connectivity index (χ1v) is 6.49. The van der Waals surface area contributed by atoms with Gasteiger partial charge in [0.1, 0.15) is 5.82 Å². The summed E-state index contributed by atoms with van der Waals surface area (Å²) < 4.78 is 13.0. The molecule has 20 heavy (non-hydrogen) atoms. The van der Waals surface area contributed by atoms with Crippen LogP contribution < -0.4 is 11.1 Å². The van der Waals surface area contributed by atoms with Crippen LogP contribution >= 0.6 is 11.6 Å². The van der Waals surface area contributed by atoms with Crippen molar-refractivity contribution in [3.05, 3.63) is 40.4 Å². The third-order valence-electron chi connectivity index (χ3n) is 2.78. The molecule has 0 aliphatic carbocycles. The number of nitrogen functional groups attached to an aromatic ring is 1. The molecule has 0 bridgehead atoms. The first kappa shape index (κ1) is 14.3. The van der Waals surface area contributed by atoms with E-state index < -0.39 is 11.7 Å². The summed E-state index contributed by atoms with van der Waals surface area (Å²) >= 11 is 5.65. The molecule has 0 fully saturated rings. The van der Waals surface area contributed by atoms with E-state index >= 15 is 0 Å². The summed E-state index contributed by atoms with van der Waals surface area (Å²) in [5.41, 5.74) is 7.41. The van der Waals surface area contributed by atoms with Crippen LogP contribution in [0.4, 0.5) is 15.8 Å². The maximum atomic E-state index is 13.0. The van der Waals surface area contributed by atoms with Crippen molar-refractivity contribution >= 4 is 28.9 Å². The van der Waals surface area contributed by atoms with E-state index in [4.69, 9.17) is 17.3 Å². The van der Waals surface area contributed by atoms with Crippen molar-refractivity contribution < 1.29 is 9.18 Å². The lowest BCUT2D eigenvalue weighted by molar-refractivity contribution is 0.102. The van der Waals surface area contributed by atoms with Crippen molar-refractivity contribution in [2.45, 2.75) is 19.8 Å². The fourth-order valence-corrected chi connectivity index (χ4v) is 1.95. The Morgan fingerprint density at radius 3 is 2.95 bits per heavy atom. The third-order valence-corrected chi connectivity index (χ3v) is 3.07. The highest BCUT2D eigenvalue weighted by Gasteiger charge is 2.17. The smallest absolute Gasteiger partial charge is 0.278 e. The number of nitrogens with one attached hydrogen (secondary N) is 2. The molecule has 0 radical (unpaired) electrons. The largest absolute Gasteiger partial charge is 0.395 e. The maximum Gasteiger partial charge on any atom is 0.278 e. The number of H-pyrrole nitrogens is 1. The molecule has 2 rings (SSSR count). The first-order chi connectivity index (χ1) is 9.52. The molecule has 0 saturated carbocycles. The summed E-state index contributed by atoms with van der Waals surface area (Å²) in [6.45, 7) is 2.00. The van der Waals surface area contributed by atoms with Gasteiger partial charge in [0.25, 0.3) is 5.91 Å². The SMILES string of the molecule is CCCc1[nH]nc(C(=O)Nc2ccc(F)c(Cl)c2)c1N. The Hall–Kier alpha value is -2.08. The third kappa shape index (κ3) is 2.91. The number of aryl methyl sites for hydroxylation is 1. The van der Waals surface area contributed by atoms with Crippen LogP contribution in [0.1, 0.15) is 29.5 Å². The number of carbonyl (C=O) groups excluding carboxylic acids is 1. The van der Waals surface area contributed by atoms with Crippen LogP contribution in [0.25, 0.3) is 0 Å². The van der Waals surface area contributed by atoms with Crippen molar-refractivity contribution in [3.8, 4) is 0 Å². The molecule has 1 aromatic heterocycles. The zero-order chi connectivity index (χ0) is 14.7. The summed E-state index contributed by atoms with van der Waals surface area (Å²) in [6, 6.07) is 3.91. The van der Waals surface area contributed by atoms with Crippen molar-refractivity contribution in [3.63, 3.8) is 0 Å². The first-order valence-electron chi connectivity index (χ1n) is 6.12. The van der Waals surface area contributed by atoms with Gasteiger partial charge in [-0.1, -0.05) is 24.9 Å². The van der Waals surface area contributed by atoms with Gasteiger partial charge in [-0.3, -0.25) is 9.89 Å². The van der Waals surface area contributed by atoms with Crippen molar-refractivity contribution in [1.82, 2.24) is 10.2 Å². The number of aromatic amines is 1. The van der Waals surface area contributed by atoms with E-state index in [1.807, 2.05) is 6.92 Å². The predicted octanol–water partition coefficient (Wildman–Crippen LogP) is 2.99. The van der Waals surface area contributed by atoms with Crippen LogP contribution in [-0.4, -0.2) is 16.1 Å². The zero-order valence-corrected chi connectivity index (χ0v) is 11.6. The second kappa shape index (κ2) is 5.92. The Bertz CT molecular complexity index is 641. The number of anilines is 2. The van der Waals surface area contributed by atoms with E-state index in [1.54, 1.807) is 0 Å². The van der Waals surface area contributed by atoms with Gasteiger partial charge in [-0.2, -0.15) is 5.10 Å². The predicted molar refractivity (Wildman–Crippen MR) is 76.4 cm³/mol. The number of hydrogen-bond donors (Lipinski definition) is 3.